The second-order valence-corrected chi connectivity index (χ2v) is 7.52. The van der Waals surface area contributed by atoms with Gasteiger partial charge in [-0.1, -0.05) is 90.5 Å². The van der Waals surface area contributed by atoms with Crippen molar-refractivity contribution in [2.24, 2.45) is 0 Å². The number of nitrogens with zero attached hydrogens (tertiary/aromatic N) is 2. The molecule has 4 aromatic rings. The molecule has 3 heteroatoms. The van der Waals surface area contributed by atoms with E-state index in [4.69, 9.17) is 0 Å². The Morgan fingerprint density at radius 1 is 0.769 bits per heavy atom. The highest BCUT2D eigenvalue weighted by molar-refractivity contribution is 14.1. The van der Waals surface area contributed by atoms with Gasteiger partial charge >= 0.3 is 0 Å². The van der Waals surface area contributed by atoms with Crippen molar-refractivity contribution >= 4 is 22.6 Å². The van der Waals surface area contributed by atoms with Gasteiger partial charge in [0.15, 0.2) is 0 Å². The molecule has 0 atom stereocenters. The topological polar surface area (TPSA) is 17.8 Å². The molecule has 0 spiro atoms. The molecule has 0 saturated heterocycles. The maximum absolute atomic E-state index is 4.53. The summed E-state index contributed by atoms with van der Waals surface area (Å²) in [6.45, 7) is 2.14. The van der Waals surface area contributed by atoms with Gasteiger partial charge in [-0.2, -0.15) is 0 Å². The molecule has 0 amide bonds. The lowest BCUT2D eigenvalue weighted by molar-refractivity contribution is 0.514. The number of aryl methyl sites for hydroxylation is 1. The summed E-state index contributed by atoms with van der Waals surface area (Å²) in [7, 11) is 0. The number of halogens is 1. The van der Waals surface area contributed by atoms with E-state index in [0.717, 1.165) is 3.70 Å². The summed E-state index contributed by atoms with van der Waals surface area (Å²) >= 11 is 2.27. The average molecular weight is 450 g/mol. The summed E-state index contributed by atoms with van der Waals surface area (Å²) in [5.74, 6) is 0. The summed E-state index contributed by atoms with van der Waals surface area (Å²) in [4.78, 5) is 4.53. The SMILES string of the molecule is Cc1cccc(C(c2ccccc2)(c2ccccc2)n2cnc(I)c2)c1. The largest absolute Gasteiger partial charge is 0.318 e. The van der Waals surface area contributed by atoms with Crippen LogP contribution in [0.25, 0.3) is 0 Å². The summed E-state index contributed by atoms with van der Waals surface area (Å²) in [6.07, 6.45) is 4.05. The van der Waals surface area contributed by atoms with Gasteiger partial charge < -0.3 is 4.57 Å². The molecule has 0 aliphatic heterocycles. The first-order chi connectivity index (χ1) is 12.7. The fourth-order valence-electron chi connectivity index (χ4n) is 3.66. The maximum atomic E-state index is 4.53. The Hall–Kier alpha value is -2.40. The van der Waals surface area contributed by atoms with E-state index in [1.807, 2.05) is 6.33 Å². The highest BCUT2D eigenvalue weighted by Gasteiger charge is 2.38. The van der Waals surface area contributed by atoms with E-state index >= 15 is 0 Å². The molecule has 0 bridgehead atoms. The average Bonchev–Trinajstić information content (AvgIpc) is 3.11. The Morgan fingerprint density at radius 3 is 1.85 bits per heavy atom. The number of imidazole rings is 1. The molecule has 2 nitrogen and oxygen atoms in total. The Balaban J connectivity index is 2.14. The fraction of sp³-hybridized carbons (Fsp3) is 0.0870. The summed E-state index contributed by atoms with van der Waals surface area (Å²) < 4.78 is 3.21. The van der Waals surface area contributed by atoms with Gasteiger partial charge in [-0.25, -0.2) is 4.98 Å². The van der Waals surface area contributed by atoms with Crippen molar-refractivity contribution in [3.8, 4) is 0 Å². The monoisotopic (exact) mass is 450 g/mol. The normalized spacial score (nSPS) is 11.5. The molecule has 26 heavy (non-hydrogen) atoms. The van der Waals surface area contributed by atoms with Crippen LogP contribution < -0.4 is 0 Å². The molecule has 0 unspecified atom stereocenters. The van der Waals surface area contributed by atoms with Gasteiger partial charge in [0, 0.05) is 6.20 Å². The maximum Gasteiger partial charge on any atom is 0.121 e. The zero-order valence-electron chi connectivity index (χ0n) is 14.5. The lowest BCUT2D eigenvalue weighted by atomic mass is 9.76. The molecule has 1 aromatic heterocycles. The molecule has 3 aromatic carbocycles. The van der Waals surface area contributed by atoms with Crippen LogP contribution >= 0.6 is 22.6 Å². The van der Waals surface area contributed by atoms with Crippen molar-refractivity contribution < 1.29 is 0 Å². The Kier molecular flexibility index (Phi) is 4.64. The van der Waals surface area contributed by atoms with Gasteiger partial charge in [0.2, 0.25) is 0 Å². The number of hydrogen-bond acceptors (Lipinski definition) is 1. The first kappa shape index (κ1) is 17.0. The predicted octanol–water partition coefficient (Wildman–Crippen LogP) is 5.64. The molecule has 128 valence electrons. The van der Waals surface area contributed by atoms with E-state index in [9.17, 15) is 0 Å². The zero-order chi connectivity index (χ0) is 18.0. The van der Waals surface area contributed by atoms with E-state index in [1.165, 1.54) is 22.3 Å². The number of rotatable bonds is 4. The van der Waals surface area contributed by atoms with Crippen LogP contribution in [0, 0.1) is 10.6 Å². The Bertz CT molecular complexity index is 967. The molecule has 1 heterocycles. The van der Waals surface area contributed by atoms with E-state index in [1.54, 1.807) is 0 Å². The third-order valence-corrected chi connectivity index (χ3v) is 5.31. The highest BCUT2D eigenvalue weighted by Crippen LogP contribution is 2.41. The summed E-state index contributed by atoms with van der Waals surface area (Å²) in [5.41, 5.74) is 4.43. The predicted molar refractivity (Wildman–Crippen MR) is 114 cm³/mol. The highest BCUT2D eigenvalue weighted by atomic mass is 127. The van der Waals surface area contributed by atoms with E-state index in [2.05, 4.69) is 130 Å². The van der Waals surface area contributed by atoms with Crippen molar-refractivity contribution in [2.75, 3.05) is 0 Å². The minimum Gasteiger partial charge on any atom is -0.318 e. The van der Waals surface area contributed by atoms with Crippen LogP contribution in [0.1, 0.15) is 22.3 Å². The van der Waals surface area contributed by atoms with Gasteiger partial charge in [0.05, 0.1) is 6.33 Å². The standard InChI is InChI=1S/C23H19IN2/c1-18-9-8-14-21(15-18)23(19-10-4-2-5-11-19,20-12-6-3-7-13-20)26-16-22(24)25-17-26/h2-17H,1H3. The van der Waals surface area contributed by atoms with Gasteiger partial charge in [-0.3, -0.25) is 0 Å². The van der Waals surface area contributed by atoms with Crippen LogP contribution in [0.2, 0.25) is 0 Å². The minimum absolute atomic E-state index is 0.467. The lowest BCUT2D eigenvalue weighted by Crippen LogP contribution is -2.37. The summed E-state index contributed by atoms with van der Waals surface area (Å²) in [5, 5.41) is 0. The molecule has 0 saturated carbocycles. The Morgan fingerprint density at radius 2 is 1.35 bits per heavy atom. The fourth-order valence-corrected chi connectivity index (χ4v) is 4.08. The Labute approximate surface area is 167 Å². The third-order valence-electron chi connectivity index (χ3n) is 4.76. The molecule has 0 aliphatic carbocycles. The van der Waals surface area contributed by atoms with E-state index in [-0.39, 0.29) is 0 Å². The van der Waals surface area contributed by atoms with Gasteiger partial charge in [0.25, 0.3) is 0 Å². The quantitative estimate of drug-likeness (QED) is 0.291. The van der Waals surface area contributed by atoms with Crippen molar-refractivity contribution in [1.29, 1.82) is 0 Å². The van der Waals surface area contributed by atoms with Crippen LogP contribution in [0.3, 0.4) is 0 Å². The molecule has 0 N–H and O–H groups in total. The lowest BCUT2D eigenvalue weighted by Gasteiger charge is -2.37. The van der Waals surface area contributed by atoms with E-state index in [0.29, 0.717) is 0 Å². The molecule has 0 radical (unpaired) electrons. The molecular weight excluding hydrogens is 431 g/mol. The van der Waals surface area contributed by atoms with Crippen molar-refractivity contribution in [3.05, 3.63) is 123 Å². The first-order valence-corrected chi connectivity index (χ1v) is 9.67. The molecule has 4 rings (SSSR count). The van der Waals surface area contributed by atoms with Crippen molar-refractivity contribution in [1.82, 2.24) is 9.55 Å². The van der Waals surface area contributed by atoms with Crippen LogP contribution in [0.15, 0.2) is 97.5 Å². The zero-order valence-corrected chi connectivity index (χ0v) is 16.7. The van der Waals surface area contributed by atoms with Crippen LogP contribution in [0.5, 0.6) is 0 Å². The van der Waals surface area contributed by atoms with Crippen molar-refractivity contribution in [2.45, 2.75) is 12.5 Å². The minimum atomic E-state index is -0.467. The van der Waals surface area contributed by atoms with Gasteiger partial charge in [0.1, 0.15) is 9.24 Å². The van der Waals surface area contributed by atoms with Crippen LogP contribution in [0.4, 0.5) is 0 Å². The summed E-state index contributed by atoms with van der Waals surface area (Å²) in [6, 6.07) is 30.1. The molecular formula is C23H19IN2. The molecule has 0 aliphatic rings. The van der Waals surface area contributed by atoms with Crippen LogP contribution in [-0.4, -0.2) is 9.55 Å². The first-order valence-electron chi connectivity index (χ1n) is 8.59. The van der Waals surface area contributed by atoms with Crippen molar-refractivity contribution in [3.63, 3.8) is 0 Å². The number of hydrogen-bond donors (Lipinski definition) is 0. The van der Waals surface area contributed by atoms with E-state index < -0.39 is 5.54 Å². The second-order valence-electron chi connectivity index (χ2n) is 6.42. The third kappa shape index (κ3) is 2.86. The smallest absolute Gasteiger partial charge is 0.121 e. The van der Waals surface area contributed by atoms with Gasteiger partial charge in [-0.15, -0.1) is 0 Å². The second kappa shape index (κ2) is 7.08. The number of benzene rings is 3. The molecule has 0 fully saturated rings. The number of aromatic nitrogens is 2. The van der Waals surface area contributed by atoms with Crippen LogP contribution in [-0.2, 0) is 5.54 Å². The van der Waals surface area contributed by atoms with Gasteiger partial charge in [-0.05, 0) is 46.2 Å².